The first-order valence-corrected chi connectivity index (χ1v) is 6.26. The van der Waals surface area contributed by atoms with Gasteiger partial charge in [-0.2, -0.15) is 18.3 Å². The van der Waals surface area contributed by atoms with Crippen LogP contribution in [0.25, 0.3) is 0 Å². The zero-order valence-electron chi connectivity index (χ0n) is 11.2. The number of rotatable bonds is 5. The summed E-state index contributed by atoms with van der Waals surface area (Å²) in [5.74, 6) is 1.32. The maximum atomic E-state index is 12.4. The predicted octanol–water partition coefficient (Wildman–Crippen LogP) is 3.04. The number of hydrogen-bond donors (Lipinski definition) is 1. The third-order valence-corrected chi connectivity index (χ3v) is 2.65. The van der Waals surface area contributed by atoms with E-state index in [9.17, 15) is 13.2 Å². The highest BCUT2D eigenvalue weighted by Crippen LogP contribution is 2.27. The highest BCUT2D eigenvalue weighted by molar-refractivity contribution is 5.09. The summed E-state index contributed by atoms with van der Waals surface area (Å²) in [5.41, 5.74) is -0.897. The topological polar surface area (TPSA) is 43.0 Å². The first kappa shape index (κ1) is 14.6. The Kier molecular flexibility index (Phi) is 4.17. The van der Waals surface area contributed by atoms with Crippen LogP contribution in [0.2, 0.25) is 0 Å². The van der Waals surface area contributed by atoms with Crippen molar-refractivity contribution < 1.29 is 17.6 Å². The van der Waals surface area contributed by atoms with Gasteiger partial charge in [0.2, 0.25) is 0 Å². The summed E-state index contributed by atoms with van der Waals surface area (Å²) in [6.45, 7) is 4.81. The predicted molar refractivity (Wildman–Crippen MR) is 67.0 cm³/mol. The highest BCUT2D eigenvalue weighted by Gasteiger charge is 2.33. The van der Waals surface area contributed by atoms with Gasteiger partial charge in [-0.25, -0.2) is 0 Å². The van der Waals surface area contributed by atoms with Gasteiger partial charge in [-0.15, -0.1) is 0 Å². The molecule has 0 spiro atoms. The zero-order valence-corrected chi connectivity index (χ0v) is 11.2. The lowest BCUT2D eigenvalue weighted by molar-refractivity contribution is -0.141. The smallest absolute Gasteiger partial charge is 0.435 e. The van der Waals surface area contributed by atoms with Crippen molar-refractivity contribution in [1.29, 1.82) is 0 Å². The zero-order chi connectivity index (χ0) is 14.8. The molecule has 0 unspecified atom stereocenters. The quantitative estimate of drug-likeness (QED) is 0.919. The van der Waals surface area contributed by atoms with Crippen molar-refractivity contribution in [2.45, 2.75) is 39.2 Å². The van der Waals surface area contributed by atoms with E-state index in [1.54, 1.807) is 12.1 Å². The Morgan fingerprint density at radius 2 is 1.95 bits per heavy atom. The molecule has 7 heteroatoms. The Hall–Kier alpha value is -1.76. The van der Waals surface area contributed by atoms with E-state index in [2.05, 4.69) is 10.4 Å². The number of nitrogens with one attached hydrogen (secondary N) is 1. The molecule has 0 fully saturated rings. The van der Waals surface area contributed by atoms with Crippen LogP contribution in [0.4, 0.5) is 13.2 Å². The van der Waals surface area contributed by atoms with Crippen LogP contribution in [-0.2, 0) is 19.3 Å². The van der Waals surface area contributed by atoms with Gasteiger partial charge in [0.05, 0.1) is 13.1 Å². The number of nitrogens with zero attached hydrogens (tertiary/aromatic N) is 2. The summed E-state index contributed by atoms with van der Waals surface area (Å²) < 4.78 is 44.0. The molecule has 2 aromatic heterocycles. The first-order chi connectivity index (χ1) is 9.34. The van der Waals surface area contributed by atoms with Gasteiger partial charge in [0.25, 0.3) is 0 Å². The minimum atomic E-state index is -4.42. The van der Waals surface area contributed by atoms with Gasteiger partial charge in [-0.05, 0) is 18.2 Å². The van der Waals surface area contributed by atoms with Gasteiger partial charge in [0, 0.05) is 12.2 Å². The third-order valence-electron chi connectivity index (χ3n) is 2.65. The number of aromatic nitrogens is 2. The molecule has 0 bridgehead atoms. The van der Waals surface area contributed by atoms with Crippen LogP contribution < -0.4 is 5.32 Å². The Balaban J connectivity index is 1.98. The Morgan fingerprint density at radius 1 is 1.25 bits per heavy atom. The molecule has 0 saturated carbocycles. The molecule has 0 aliphatic heterocycles. The summed E-state index contributed by atoms with van der Waals surface area (Å²) in [6.07, 6.45) is -3.13. The summed E-state index contributed by atoms with van der Waals surface area (Å²) in [4.78, 5) is 0. The number of hydrogen-bond acceptors (Lipinski definition) is 3. The second-order valence-electron chi connectivity index (χ2n) is 4.80. The summed E-state index contributed by atoms with van der Waals surface area (Å²) in [5, 5.41) is 6.67. The molecule has 0 aliphatic carbocycles. The standard InChI is InChI=1S/C13H16F3N3O/c1-9(2)17-7-10-3-4-11(20-10)8-19-6-5-12(18-19)13(14,15)16/h3-6,9,17H,7-8H2,1-2H3. The fourth-order valence-electron chi connectivity index (χ4n) is 1.67. The molecule has 1 N–H and O–H groups in total. The van der Waals surface area contributed by atoms with Gasteiger partial charge >= 0.3 is 6.18 Å². The lowest BCUT2D eigenvalue weighted by Crippen LogP contribution is -2.21. The van der Waals surface area contributed by atoms with E-state index >= 15 is 0 Å². The lowest BCUT2D eigenvalue weighted by atomic mass is 10.3. The second kappa shape index (κ2) is 5.70. The van der Waals surface area contributed by atoms with Gasteiger partial charge in [0.15, 0.2) is 5.69 Å². The molecule has 110 valence electrons. The Bertz CT molecular complexity index is 557. The molecule has 0 amide bonds. The van der Waals surface area contributed by atoms with Crippen molar-refractivity contribution in [1.82, 2.24) is 15.1 Å². The molecule has 0 atom stereocenters. The minimum Gasteiger partial charge on any atom is -0.463 e. The van der Waals surface area contributed by atoms with Crippen LogP contribution in [0, 0.1) is 0 Å². The monoisotopic (exact) mass is 287 g/mol. The molecule has 2 aromatic rings. The van der Waals surface area contributed by atoms with Crippen molar-refractivity contribution in [3.05, 3.63) is 41.6 Å². The van der Waals surface area contributed by atoms with Crippen molar-refractivity contribution in [3.63, 3.8) is 0 Å². The molecule has 0 aliphatic rings. The fraction of sp³-hybridized carbons (Fsp3) is 0.462. The minimum absolute atomic E-state index is 0.178. The van der Waals surface area contributed by atoms with Gasteiger partial charge < -0.3 is 9.73 Å². The van der Waals surface area contributed by atoms with Gasteiger partial charge in [0.1, 0.15) is 11.5 Å². The SMILES string of the molecule is CC(C)NCc1ccc(Cn2ccc(C(F)(F)F)n2)o1. The fourth-order valence-corrected chi connectivity index (χ4v) is 1.67. The van der Waals surface area contributed by atoms with E-state index in [0.29, 0.717) is 18.3 Å². The number of alkyl halides is 3. The summed E-state index contributed by atoms with van der Waals surface area (Å²) >= 11 is 0. The molecule has 2 heterocycles. The average molecular weight is 287 g/mol. The normalized spacial score (nSPS) is 12.3. The van der Waals surface area contributed by atoms with E-state index in [4.69, 9.17) is 4.42 Å². The first-order valence-electron chi connectivity index (χ1n) is 6.26. The van der Waals surface area contributed by atoms with Crippen LogP contribution in [0.15, 0.2) is 28.8 Å². The van der Waals surface area contributed by atoms with Crippen molar-refractivity contribution in [2.75, 3.05) is 0 Å². The summed E-state index contributed by atoms with van der Waals surface area (Å²) in [6, 6.07) is 4.83. The van der Waals surface area contributed by atoms with Gasteiger partial charge in [-0.1, -0.05) is 13.8 Å². The van der Waals surface area contributed by atoms with Crippen LogP contribution in [0.5, 0.6) is 0 Å². The summed E-state index contributed by atoms with van der Waals surface area (Å²) in [7, 11) is 0. The van der Waals surface area contributed by atoms with Crippen molar-refractivity contribution >= 4 is 0 Å². The molecule has 0 radical (unpaired) electrons. The Morgan fingerprint density at radius 3 is 2.55 bits per heavy atom. The van der Waals surface area contributed by atoms with Crippen molar-refractivity contribution in [2.24, 2.45) is 0 Å². The van der Waals surface area contributed by atoms with Gasteiger partial charge in [-0.3, -0.25) is 4.68 Å². The van der Waals surface area contributed by atoms with Crippen LogP contribution in [0.1, 0.15) is 31.1 Å². The Labute approximate surface area is 114 Å². The van der Waals surface area contributed by atoms with E-state index in [1.807, 2.05) is 13.8 Å². The third kappa shape index (κ3) is 3.86. The second-order valence-corrected chi connectivity index (χ2v) is 4.80. The van der Waals surface area contributed by atoms with E-state index in [1.165, 1.54) is 10.9 Å². The maximum absolute atomic E-state index is 12.4. The molecule has 2 rings (SSSR count). The molecule has 20 heavy (non-hydrogen) atoms. The molecule has 0 saturated heterocycles. The highest BCUT2D eigenvalue weighted by atomic mass is 19.4. The largest absolute Gasteiger partial charge is 0.463 e. The number of halogens is 3. The molecule has 0 aromatic carbocycles. The molecular formula is C13H16F3N3O. The van der Waals surface area contributed by atoms with E-state index in [0.717, 1.165) is 11.8 Å². The average Bonchev–Trinajstić information content (AvgIpc) is 2.95. The number of furan rings is 1. The maximum Gasteiger partial charge on any atom is 0.435 e. The van der Waals surface area contributed by atoms with Crippen LogP contribution >= 0.6 is 0 Å². The molecule has 4 nitrogen and oxygen atoms in total. The van der Waals surface area contributed by atoms with Crippen LogP contribution in [0.3, 0.4) is 0 Å². The van der Waals surface area contributed by atoms with Crippen molar-refractivity contribution in [3.8, 4) is 0 Å². The van der Waals surface area contributed by atoms with E-state index in [-0.39, 0.29) is 6.54 Å². The molecular weight excluding hydrogens is 271 g/mol. The lowest BCUT2D eigenvalue weighted by Gasteiger charge is -2.05. The van der Waals surface area contributed by atoms with E-state index < -0.39 is 11.9 Å². The van der Waals surface area contributed by atoms with Crippen LogP contribution in [-0.4, -0.2) is 15.8 Å².